The number of carbonyl (C=O) groups excluding carboxylic acids is 3. The first-order chi connectivity index (χ1) is 15.5. The molecule has 0 saturated carbocycles. The van der Waals surface area contributed by atoms with Crippen LogP contribution in [-0.4, -0.2) is 51.1 Å². The van der Waals surface area contributed by atoms with Gasteiger partial charge in [-0.05, 0) is 56.0 Å². The summed E-state index contributed by atoms with van der Waals surface area (Å²) in [6, 6.07) is 10.3. The van der Waals surface area contributed by atoms with Crippen LogP contribution in [0.5, 0.6) is 0 Å². The van der Waals surface area contributed by atoms with Crippen molar-refractivity contribution in [3.63, 3.8) is 0 Å². The summed E-state index contributed by atoms with van der Waals surface area (Å²) in [4.78, 5) is 47.8. The van der Waals surface area contributed by atoms with Crippen molar-refractivity contribution >= 4 is 46.2 Å². The molecule has 2 aliphatic rings. The molecule has 0 radical (unpaired) electrons. The third-order valence-corrected chi connectivity index (χ3v) is 6.50. The van der Waals surface area contributed by atoms with E-state index in [1.807, 2.05) is 13.0 Å². The SMILES string of the molecule is Cc1ccc(NC(=O)c2cccc(NC(=O)CC3SC(N4CCCCC4)=NC3=O)c2)nc1. The molecule has 2 aliphatic heterocycles. The van der Waals surface area contributed by atoms with E-state index in [4.69, 9.17) is 0 Å². The number of amides is 3. The molecule has 4 rings (SSSR count). The van der Waals surface area contributed by atoms with Crippen molar-refractivity contribution in [3.8, 4) is 0 Å². The zero-order chi connectivity index (χ0) is 22.5. The molecule has 1 aromatic carbocycles. The number of likely N-dealkylation sites (tertiary alicyclic amines) is 1. The molecule has 32 heavy (non-hydrogen) atoms. The Morgan fingerprint density at radius 2 is 1.94 bits per heavy atom. The number of hydrogen-bond acceptors (Lipinski definition) is 6. The molecule has 3 heterocycles. The van der Waals surface area contributed by atoms with Gasteiger partial charge in [0.1, 0.15) is 11.1 Å². The standard InChI is InChI=1S/C23H25N5O3S/c1-15-8-9-19(24-14-15)26-21(30)16-6-5-7-17(12-16)25-20(29)13-18-22(31)27-23(32-18)28-10-3-2-4-11-28/h5-9,12,14,18H,2-4,10-11,13H2,1H3,(H,25,29)(H,24,26,30). The summed E-state index contributed by atoms with van der Waals surface area (Å²) in [5.74, 6) is -0.414. The number of hydrogen-bond donors (Lipinski definition) is 2. The van der Waals surface area contributed by atoms with E-state index in [2.05, 4.69) is 25.5 Å². The molecule has 3 amide bonds. The second-order valence-corrected chi connectivity index (χ2v) is 9.06. The van der Waals surface area contributed by atoms with Crippen LogP contribution >= 0.6 is 11.8 Å². The van der Waals surface area contributed by atoms with Crippen molar-refractivity contribution in [2.75, 3.05) is 23.7 Å². The lowest BCUT2D eigenvalue weighted by molar-refractivity contribution is -0.121. The fourth-order valence-electron chi connectivity index (χ4n) is 3.58. The van der Waals surface area contributed by atoms with Gasteiger partial charge in [0.25, 0.3) is 11.8 Å². The molecule has 0 spiro atoms. The van der Waals surface area contributed by atoms with E-state index >= 15 is 0 Å². The van der Waals surface area contributed by atoms with Gasteiger partial charge in [-0.25, -0.2) is 4.98 Å². The average Bonchev–Trinajstić information content (AvgIpc) is 3.16. The van der Waals surface area contributed by atoms with Crippen molar-refractivity contribution in [1.29, 1.82) is 0 Å². The van der Waals surface area contributed by atoms with Crippen molar-refractivity contribution in [3.05, 3.63) is 53.7 Å². The highest BCUT2D eigenvalue weighted by Crippen LogP contribution is 2.29. The van der Waals surface area contributed by atoms with Crippen molar-refractivity contribution < 1.29 is 14.4 Å². The second kappa shape index (κ2) is 9.95. The lowest BCUT2D eigenvalue weighted by Crippen LogP contribution is -2.33. The highest BCUT2D eigenvalue weighted by atomic mass is 32.2. The summed E-state index contributed by atoms with van der Waals surface area (Å²) < 4.78 is 0. The van der Waals surface area contributed by atoms with E-state index in [1.54, 1.807) is 36.5 Å². The predicted octanol–water partition coefficient (Wildman–Crippen LogP) is 3.45. The number of nitrogens with one attached hydrogen (secondary N) is 2. The second-order valence-electron chi connectivity index (χ2n) is 7.89. The Morgan fingerprint density at radius 3 is 2.69 bits per heavy atom. The molecule has 1 atom stereocenters. The zero-order valence-corrected chi connectivity index (χ0v) is 18.7. The van der Waals surface area contributed by atoms with Crippen LogP contribution < -0.4 is 10.6 Å². The smallest absolute Gasteiger partial charge is 0.262 e. The number of aromatic nitrogens is 1. The molecule has 0 aliphatic carbocycles. The molecule has 0 bridgehead atoms. The quantitative estimate of drug-likeness (QED) is 0.722. The van der Waals surface area contributed by atoms with Crippen LogP contribution in [0.2, 0.25) is 0 Å². The zero-order valence-electron chi connectivity index (χ0n) is 17.8. The van der Waals surface area contributed by atoms with E-state index < -0.39 is 5.25 Å². The maximum absolute atomic E-state index is 12.5. The van der Waals surface area contributed by atoms with Crippen molar-refractivity contribution in [1.82, 2.24) is 9.88 Å². The number of pyridine rings is 1. The van der Waals surface area contributed by atoms with Crippen LogP contribution in [-0.2, 0) is 9.59 Å². The highest BCUT2D eigenvalue weighted by Gasteiger charge is 2.33. The van der Waals surface area contributed by atoms with Gasteiger partial charge >= 0.3 is 0 Å². The van der Waals surface area contributed by atoms with E-state index in [-0.39, 0.29) is 24.1 Å². The topological polar surface area (TPSA) is 104 Å². The Kier molecular flexibility index (Phi) is 6.84. The molecule has 1 saturated heterocycles. The summed E-state index contributed by atoms with van der Waals surface area (Å²) in [5, 5.41) is 5.75. The van der Waals surface area contributed by atoms with Gasteiger partial charge in [-0.1, -0.05) is 23.9 Å². The Hall–Kier alpha value is -3.20. The number of rotatable bonds is 5. The summed E-state index contributed by atoms with van der Waals surface area (Å²) >= 11 is 1.37. The lowest BCUT2D eigenvalue weighted by atomic mass is 10.1. The molecule has 8 nitrogen and oxygen atoms in total. The van der Waals surface area contributed by atoms with Gasteiger partial charge in [-0.15, -0.1) is 0 Å². The third kappa shape index (κ3) is 5.53. The molecule has 166 valence electrons. The summed E-state index contributed by atoms with van der Waals surface area (Å²) in [5.41, 5.74) is 1.89. The van der Waals surface area contributed by atoms with Gasteiger partial charge in [-0.3, -0.25) is 14.4 Å². The number of aryl methyl sites for hydroxylation is 1. The van der Waals surface area contributed by atoms with Gasteiger partial charge in [0, 0.05) is 37.0 Å². The van der Waals surface area contributed by atoms with E-state index in [9.17, 15) is 14.4 Å². The Bertz CT molecular complexity index is 1050. The van der Waals surface area contributed by atoms with Gasteiger partial charge < -0.3 is 15.5 Å². The molecule has 1 unspecified atom stereocenters. The van der Waals surface area contributed by atoms with E-state index in [0.717, 1.165) is 36.7 Å². The molecular weight excluding hydrogens is 426 g/mol. The maximum Gasteiger partial charge on any atom is 0.262 e. The molecule has 1 aromatic heterocycles. The molecule has 2 N–H and O–H groups in total. The summed E-state index contributed by atoms with van der Waals surface area (Å²) in [6.45, 7) is 3.74. The largest absolute Gasteiger partial charge is 0.351 e. The molecule has 9 heteroatoms. The fraction of sp³-hybridized carbons (Fsp3) is 0.348. The number of piperidine rings is 1. The first-order valence-corrected chi connectivity index (χ1v) is 11.5. The van der Waals surface area contributed by atoms with Crippen LogP contribution in [0.3, 0.4) is 0 Å². The number of carbonyl (C=O) groups is 3. The van der Waals surface area contributed by atoms with E-state index in [0.29, 0.717) is 17.1 Å². The van der Waals surface area contributed by atoms with Crippen molar-refractivity contribution in [2.45, 2.75) is 37.9 Å². The first-order valence-electron chi connectivity index (χ1n) is 10.7. The van der Waals surface area contributed by atoms with Gasteiger partial charge in [-0.2, -0.15) is 4.99 Å². The Labute approximate surface area is 190 Å². The predicted molar refractivity (Wildman–Crippen MR) is 126 cm³/mol. The molecule has 1 fully saturated rings. The van der Waals surface area contributed by atoms with Crippen molar-refractivity contribution in [2.24, 2.45) is 4.99 Å². The summed E-state index contributed by atoms with van der Waals surface area (Å²) in [6.07, 6.45) is 5.11. The minimum atomic E-state index is -0.508. The number of thioether (sulfide) groups is 1. The van der Waals surface area contributed by atoms with Crippen LogP contribution in [0.15, 0.2) is 47.6 Å². The minimum Gasteiger partial charge on any atom is -0.351 e. The molecular formula is C23H25N5O3S. The fourth-order valence-corrected chi connectivity index (χ4v) is 4.70. The van der Waals surface area contributed by atoms with E-state index in [1.165, 1.54) is 18.2 Å². The van der Waals surface area contributed by atoms with Gasteiger partial charge in [0.05, 0.1) is 0 Å². The number of anilines is 2. The number of aliphatic imine (C=N–C) groups is 1. The van der Waals surface area contributed by atoms with Crippen LogP contribution in [0.25, 0.3) is 0 Å². The summed E-state index contributed by atoms with van der Waals surface area (Å²) in [7, 11) is 0. The lowest BCUT2D eigenvalue weighted by Gasteiger charge is -2.27. The first kappa shape index (κ1) is 22.0. The number of nitrogens with zero attached hydrogens (tertiary/aromatic N) is 3. The highest BCUT2D eigenvalue weighted by molar-refractivity contribution is 8.15. The number of amidine groups is 1. The monoisotopic (exact) mass is 451 g/mol. The van der Waals surface area contributed by atoms with Gasteiger partial charge in [0.15, 0.2) is 5.17 Å². The number of benzene rings is 1. The Balaban J connectivity index is 1.32. The van der Waals surface area contributed by atoms with Crippen LogP contribution in [0.1, 0.15) is 41.6 Å². The minimum absolute atomic E-state index is 0.0358. The van der Waals surface area contributed by atoms with Crippen LogP contribution in [0.4, 0.5) is 11.5 Å². The third-order valence-electron chi connectivity index (χ3n) is 5.29. The maximum atomic E-state index is 12.5. The van der Waals surface area contributed by atoms with Crippen LogP contribution in [0, 0.1) is 6.92 Å². The molecule has 2 aromatic rings. The van der Waals surface area contributed by atoms with Gasteiger partial charge in [0.2, 0.25) is 5.91 Å². The average molecular weight is 452 g/mol. The Morgan fingerprint density at radius 1 is 1.12 bits per heavy atom. The normalized spacial score (nSPS) is 18.3.